The van der Waals surface area contributed by atoms with Gasteiger partial charge in [0.2, 0.25) is 0 Å². The van der Waals surface area contributed by atoms with Crippen molar-refractivity contribution in [1.82, 2.24) is 9.88 Å². The van der Waals surface area contributed by atoms with Crippen molar-refractivity contribution in [3.05, 3.63) is 68.1 Å². The zero-order chi connectivity index (χ0) is 16.7. The first-order valence-electron chi connectivity index (χ1n) is 6.49. The molecular weight excluding hydrogens is 284 g/mol. The van der Waals surface area contributed by atoms with Crippen LogP contribution in [0.1, 0.15) is 11.7 Å². The van der Waals surface area contributed by atoms with Crippen molar-refractivity contribution in [3.8, 4) is 0 Å². The summed E-state index contributed by atoms with van der Waals surface area (Å²) in [6, 6.07) is 1.92. The third-order valence-electron chi connectivity index (χ3n) is 3.13. The lowest BCUT2D eigenvalue weighted by atomic mass is 10.0. The Morgan fingerprint density at radius 2 is 1.59 bits per heavy atom. The highest BCUT2D eigenvalue weighted by Gasteiger charge is 2.37. The second kappa shape index (κ2) is 7.90. The second-order valence-corrected chi connectivity index (χ2v) is 4.42. The average Bonchev–Trinajstić information content (AvgIpc) is 2.49. The van der Waals surface area contributed by atoms with Gasteiger partial charge in [-0.1, -0.05) is 24.3 Å². The molecule has 0 fully saturated rings. The van der Waals surface area contributed by atoms with Crippen molar-refractivity contribution in [2.24, 2.45) is 0 Å². The molecule has 1 aromatic rings. The van der Waals surface area contributed by atoms with Crippen LogP contribution in [-0.4, -0.2) is 44.1 Å². The summed E-state index contributed by atoms with van der Waals surface area (Å²) in [5.74, 6) is -2.43. The van der Waals surface area contributed by atoms with Gasteiger partial charge < -0.3 is 10.2 Å². The van der Waals surface area contributed by atoms with Gasteiger partial charge in [0, 0.05) is 6.20 Å². The standard InChI is InChI=1S/C16H18N2O4/c1-4-12(11-9-7-8-10-17-11)18(13(5-2)15(19)20)14(6-3)16(21)22/h4-10,12-14H,1-3H2,(H,19,20)(H,21,22). The van der Waals surface area contributed by atoms with E-state index in [0.29, 0.717) is 5.69 Å². The Morgan fingerprint density at radius 3 is 1.91 bits per heavy atom. The summed E-state index contributed by atoms with van der Waals surface area (Å²) in [6.07, 6.45) is 5.32. The van der Waals surface area contributed by atoms with Gasteiger partial charge in [-0.15, -0.1) is 19.7 Å². The van der Waals surface area contributed by atoms with E-state index in [9.17, 15) is 19.8 Å². The first-order chi connectivity index (χ1) is 10.5. The molecule has 0 aromatic carbocycles. The number of hydrogen-bond acceptors (Lipinski definition) is 4. The highest BCUT2D eigenvalue weighted by atomic mass is 16.4. The molecule has 1 aromatic heterocycles. The average molecular weight is 302 g/mol. The van der Waals surface area contributed by atoms with Crippen molar-refractivity contribution in [1.29, 1.82) is 0 Å². The number of hydrogen-bond donors (Lipinski definition) is 2. The van der Waals surface area contributed by atoms with Crippen LogP contribution in [0.25, 0.3) is 0 Å². The van der Waals surface area contributed by atoms with Gasteiger partial charge in [-0.2, -0.15) is 0 Å². The van der Waals surface area contributed by atoms with E-state index in [1.54, 1.807) is 18.2 Å². The maximum absolute atomic E-state index is 11.5. The molecule has 1 rings (SSSR count). The highest BCUT2D eigenvalue weighted by molar-refractivity contribution is 5.80. The molecule has 2 N–H and O–H groups in total. The molecule has 6 heteroatoms. The van der Waals surface area contributed by atoms with E-state index < -0.39 is 30.1 Å². The molecule has 0 amide bonds. The summed E-state index contributed by atoms with van der Waals surface area (Å²) in [5, 5.41) is 18.7. The predicted molar refractivity (Wildman–Crippen MR) is 82.3 cm³/mol. The summed E-state index contributed by atoms with van der Waals surface area (Å²) in [5.41, 5.74) is 0.485. The Labute approximate surface area is 128 Å². The molecule has 0 radical (unpaired) electrons. The quantitative estimate of drug-likeness (QED) is 0.677. The third-order valence-corrected chi connectivity index (χ3v) is 3.13. The Hall–Kier alpha value is -2.73. The Morgan fingerprint density at radius 1 is 1.05 bits per heavy atom. The molecular formula is C16H18N2O4. The minimum Gasteiger partial charge on any atom is -0.480 e. The van der Waals surface area contributed by atoms with Crippen LogP contribution in [0, 0.1) is 0 Å². The van der Waals surface area contributed by atoms with Gasteiger partial charge in [-0.3, -0.25) is 19.5 Å². The molecule has 3 atom stereocenters. The highest BCUT2D eigenvalue weighted by Crippen LogP contribution is 2.26. The second-order valence-electron chi connectivity index (χ2n) is 4.42. The molecule has 0 bridgehead atoms. The number of pyridine rings is 1. The first-order valence-corrected chi connectivity index (χ1v) is 6.49. The van der Waals surface area contributed by atoms with E-state index in [-0.39, 0.29) is 0 Å². The summed E-state index contributed by atoms with van der Waals surface area (Å²) < 4.78 is 0. The van der Waals surface area contributed by atoms with Crippen LogP contribution < -0.4 is 0 Å². The van der Waals surface area contributed by atoms with Gasteiger partial charge in [0.1, 0.15) is 12.1 Å². The lowest BCUT2D eigenvalue weighted by Gasteiger charge is -2.35. The van der Waals surface area contributed by atoms with Crippen LogP contribution >= 0.6 is 0 Å². The fourth-order valence-corrected chi connectivity index (χ4v) is 2.17. The normalized spacial score (nSPS) is 14.6. The number of carboxylic acid groups (broad SMARTS) is 2. The lowest BCUT2D eigenvalue weighted by Crippen LogP contribution is -2.50. The Balaban J connectivity index is 3.42. The van der Waals surface area contributed by atoms with Crippen molar-refractivity contribution >= 4 is 11.9 Å². The topological polar surface area (TPSA) is 90.7 Å². The number of carbonyl (C=O) groups is 2. The van der Waals surface area contributed by atoms with Crippen molar-refractivity contribution in [3.63, 3.8) is 0 Å². The Kier molecular flexibility index (Phi) is 6.22. The van der Waals surface area contributed by atoms with Crippen LogP contribution in [0.15, 0.2) is 62.4 Å². The number of carboxylic acids is 2. The molecule has 22 heavy (non-hydrogen) atoms. The number of nitrogens with zero attached hydrogens (tertiary/aromatic N) is 2. The molecule has 0 saturated heterocycles. The molecule has 0 saturated carbocycles. The van der Waals surface area contributed by atoms with Gasteiger partial charge in [0.15, 0.2) is 0 Å². The van der Waals surface area contributed by atoms with E-state index in [0.717, 1.165) is 0 Å². The number of aromatic nitrogens is 1. The molecule has 0 aliphatic rings. The van der Waals surface area contributed by atoms with Crippen molar-refractivity contribution in [2.45, 2.75) is 18.1 Å². The van der Waals surface area contributed by atoms with Crippen molar-refractivity contribution < 1.29 is 19.8 Å². The van der Waals surface area contributed by atoms with Crippen LogP contribution in [0.2, 0.25) is 0 Å². The van der Waals surface area contributed by atoms with Gasteiger partial charge in [0.25, 0.3) is 0 Å². The number of rotatable bonds is 9. The Bertz CT molecular complexity index is 545. The fourth-order valence-electron chi connectivity index (χ4n) is 2.17. The maximum Gasteiger partial charge on any atom is 0.324 e. The lowest BCUT2D eigenvalue weighted by molar-refractivity contribution is -0.148. The van der Waals surface area contributed by atoms with E-state index in [1.807, 2.05) is 0 Å². The summed E-state index contributed by atoms with van der Waals surface area (Å²) in [6.45, 7) is 10.6. The zero-order valence-electron chi connectivity index (χ0n) is 12.0. The number of aliphatic carboxylic acids is 2. The predicted octanol–water partition coefficient (Wildman–Crippen LogP) is 1.89. The van der Waals surface area contributed by atoms with E-state index in [4.69, 9.17) is 0 Å². The largest absolute Gasteiger partial charge is 0.480 e. The SMILES string of the molecule is C=CC(C(=O)O)N(C(C=C)C(=O)O)C(C=C)c1ccccn1. The minimum absolute atomic E-state index is 0.485. The van der Waals surface area contributed by atoms with Gasteiger partial charge in [0.05, 0.1) is 11.7 Å². The van der Waals surface area contributed by atoms with Crippen LogP contribution in [0.4, 0.5) is 0 Å². The van der Waals surface area contributed by atoms with Gasteiger partial charge >= 0.3 is 11.9 Å². The monoisotopic (exact) mass is 302 g/mol. The van der Waals surface area contributed by atoms with Crippen LogP contribution in [0.3, 0.4) is 0 Å². The zero-order valence-corrected chi connectivity index (χ0v) is 12.0. The molecule has 6 nitrogen and oxygen atoms in total. The van der Waals surface area contributed by atoms with Crippen molar-refractivity contribution in [2.75, 3.05) is 0 Å². The first kappa shape index (κ1) is 17.3. The molecule has 1 heterocycles. The van der Waals surface area contributed by atoms with E-state index >= 15 is 0 Å². The summed E-state index contributed by atoms with van der Waals surface area (Å²) in [4.78, 5) is 28.3. The summed E-state index contributed by atoms with van der Waals surface area (Å²) in [7, 11) is 0. The van der Waals surface area contributed by atoms with E-state index in [2.05, 4.69) is 24.7 Å². The molecule has 3 unspecified atom stereocenters. The summed E-state index contributed by atoms with van der Waals surface area (Å²) >= 11 is 0. The maximum atomic E-state index is 11.5. The molecule has 0 aliphatic carbocycles. The van der Waals surface area contributed by atoms with Gasteiger partial charge in [-0.25, -0.2) is 0 Å². The smallest absolute Gasteiger partial charge is 0.324 e. The fraction of sp³-hybridized carbons (Fsp3) is 0.188. The van der Waals surface area contributed by atoms with Crippen LogP contribution in [-0.2, 0) is 9.59 Å². The molecule has 116 valence electrons. The van der Waals surface area contributed by atoms with Gasteiger partial charge in [-0.05, 0) is 12.1 Å². The minimum atomic E-state index is -1.23. The molecule has 0 spiro atoms. The van der Waals surface area contributed by atoms with Crippen LogP contribution in [0.5, 0.6) is 0 Å². The molecule has 0 aliphatic heterocycles. The van der Waals surface area contributed by atoms with E-state index in [1.165, 1.54) is 29.3 Å². The third kappa shape index (κ3) is 3.67.